The largest absolute Gasteiger partial charge is 0.493 e. The number of rotatable bonds is 7. The van der Waals surface area contributed by atoms with Crippen LogP contribution in [-0.2, 0) is 11.2 Å². The van der Waals surface area contributed by atoms with E-state index in [1.807, 2.05) is 62.4 Å². The number of aromatic nitrogens is 1. The van der Waals surface area contributed by atoms with Gasteiger partial charge in [-0.15, -0.1) is 11.8 Å². The lowest BCUT2D eigenvalue weighted by Crippen LogP contribution is -2.33. The van der Waals surface area contributed by atoms with Gasteiger partial charge in [-0.2, -0.15) is 0 Å². The zero-order valence-corrected chi connectivity index (χ0v) is 17.7. The molecule has 1 aromatic heterocycles. The normalized spacial score (nSPS) is 18.5. The fourth-order valence-electron chi connectivity index (χ4n) is 3.32. The number of thioether (sulfide) groups is 1. The van der Waals surface area contributed by atoms with Crippen LogP contribution in [0.2, 0.25) is 0 Å². The maximum absolute atomic E-state index is 11.1. The number of ether oxygens (including phenoxy) is 1. The highest BCUT2D eigenvalue weighted by molar-refractivity contribution is 7.99. The Morgan fingerprint density at radius 1 is 1.27 bits per heavy atom. The van der Waals surface area contributed by atoms with Gasteiger partial charge in [0.1, 0.15) is 17.6 Å². The van der Waals surface area contributed by atoms with Crippen molar-refractivity contribution in [1.29, 1.82) is 0 Å². The Hall–Kier alpha value is -2.77. The molecule has 0 spiro atoms. The van der Waals surface area contributed by atoms with E-state index < -0.39 is 12.0 Å². The van der Waals surface area contributed by atoms with E-state index in [2.05, 4.69) is 10.3 Å². The zero-order chi connectivity index (χ0) is 21.1. The number of carboxylic acid groups (broad SMARTS) is 1. The molecule has 4 rings (SSSR count). The van der Waals surface area contributed by atoms with Crippen molar-refractivity contribution < 1.29 is 19.1 Å². The summed E-state index contributed by atoms with van der Waals surface area (Å²) in [6.45, 7) is 4.45. The highest BCUT2D eigenvalue weighted by Gasteiger charge is 2.30. The lowest BCUT2D eigenvalue weighted by atomic mass is 10.1. The quantitative estimate of drug-likeness (QED) is 0.583. The number of nitrogens with one attached hydrogen (secondary N) is 1. The lowest BCUT2D eigenvalue weighted by Gasteiger charge is -2.13. The molecule has 2 aromatic carbocycles. The van der Waals surface area contributed by atoms with Gasteiger partial charge < -0.3 is 14.3 Å². The SMILES string of the molecule is Cc1ccc(-c2nc(CCOc3cccc([C@@H]4NC(C(=O)O)CS4)c3)c(C)o2)cc1. The maximum Gasteiger partial charge on any atom is 0.321 e. The third-order valence-electron chi connectivity index (χ3n) is 5.04. The van der Waals surface area contributed by atoms with Crippen molar-refractivity contribution in [3.8, 4) is 17.2 Å². The predicted octanol–water partition coefficient (Wildman–Crippen LogP) is 4.37. The average Bonchev–Trinajstić information content (AvgIpc) is 3.37. The number of aryl methyl sites for hydroxylation is 2. The van der Waals surface area contributed by atoms with E-state index in [0.29, 0.717) is 24.7 Å². The highest BCUT2D eigenvalue weighted by Crippen LogP contribution is 2.34. The number of oxazole rings is 1. The molecule has 2 heterocycles. The minimum atomic E-state index is -0.814. The van der Waals surface area contributed by atoms with Gasteiger partial charge in [-0.3, -0.25) is 10.1 Å². The molecular formula is C23H24N2O4S. The fraction of sp³-hybridized carbons (Fsp3) is 0.304. The number of carbonyl (C=O) groups is 1. The van der Waals surface area contributed by atoms with E-state index in [4.69, 9.17) is 14.3 Å². The minimum absolute atomic E-state index is 0.0375. The van der Waals surface area contributed by atoms with Crippen molar-refractivity contribution in [2.24, 2.45) is 0 Å². The predicted molar refractivity (Wildman–Crippen MR) is 117 cm³/mol. The highest BCUT2D eigenvalue weighted by atomic mass is 32.2. The summed E-state index contributed by atoms with van der Waals surface area (Å²) in [6, 6.07) is 15.4. The molecule has 1 fully saturated rings. The number of hydrogen-bond donors (Lipinski definition) is 2. The molecule has 3 aromatic rings. The standard InChI is InChI=1S/C23H24N2O4S/c1-14-6-8-16(9-7-14)21-24-19(15(2)29-21)10-11-28-18-5-3-4-17(12-18)22-25-20(13-30-22)23(26)27/h3-9,12,20,22,25H,10-11,13H2,1-2H3,(H,26,27)/t20?,22-/m1/s1. The summed E-state index contributed by atoms with van der Waals surface area (Å²) in [6.07, 6.45) is 0.642. The first kappa shape index (κ1) is 20.5. The summed E-state index contributed by atoms with van der Waals surface area (Å²) in [4.78, 5) is 15.8. The molecular weight excluding hydrogens is 400 g/mol. The van der Waals surface area contributed by atoms with Crippen LogP contribution in [0.4, 0.5) is 0 Å². The van der Waals surface area contributed by atoms with Crippen LogP contribution in [0.1, 0.15) is 28.0 Å². The van der Waals surface area contributed by atoms with Gasteiger partial charge in [0.2, 0.25) is 5.89 Å². The molecule has 0 radical (unpaired) electrons. The van der Waals surface area contributed by atoms with Gasteiger partial charge in [-0.05, 0) is 43.7 Å². The molecule has 2 atom stereocenters. The molecule has 2 N–H and O–H groups in total. The molecule has 6 nitrogen and oxygen atoms in total. The second kappa shape index (κ2) is 8.93. The minimum Gasteiger partial charge on any atom is -0.493 e. The first-order valence-electron chi connectivity index (χ1n) is 9.86. The third kappa shape index (κ3) is 4.68. The molecule has 30 heavy (non-hydrogen) atoms. The number of benzene rings is 2. The first-order valence-corrected chi connectivity index (χ1v) is 10.9. The van der Waals surface area contributed by atoms with Gasteiger partial charge >= 0.3 is 5.97 Å². The monoisotopic (exact) mass is 424 g/mol. The number of nitrogens with zero attached hydrogens (tertiary/aromatic N) is 1. The zero-order valence-electron chi connectivity index (χ0n) is 16.9. The van der Waals surface area contributed by atoms with E-state index in [9.17, 15) is 4.79 Å². The van der Waals surface area contributed by atoms with E-state index in [-0.39, 0.29) is 5.37 Å². The van der Waals surface area contributed by atoms with Crippen molar-refractivity contribution >= 4 is 17.7 Å². The Kier molecular flexibility index (Phi) is 6.11. The second-order valence-corrected chi connectivity index (χ2v) is 8.47. The van der Waals surface area contributed by atoms with E-state index in [1.54, 1.807) is 11.8 Å². The Morgan fingerprint density at radius 2 is 2.07 bits per heavy atom. The van der Waals surface area contributed by atoms with E-state index in [1.165, 1.54) is 5.56 Å². The number of hydrogen-bond acceptors (Lipinski definition) is 6. The molecule has 7 heteroatoms. The van der Waals surface area contributed by atoms with Crippen molar-refractivity contribution in [1.82, 2.24) is 10.3 Å². The number of carboxylic acids is 1. The molecule has 1 saturated heterocycles. The molecule has 1 aliphatic rings. The summed E-state index contributed by atoms with van der Waals surface area (Å²) in [7, 11) is 0. The topological polar surface area (TPSA) is 84.6 Å². The molecule has 0 aliphatic carbocycles. The van der Waals surface area contributed by atoms with Gasteiger partial charge in [-0.1, -0.05) is 29.8 Å². The molecule has 0 saturated carbocycles. The smallest absolute Gasteiger partial charge is 0.321 e. The summed E-state index contributed by atoms with van der Waals surface area (Å²) in [5, 5.41) is 12.2. The van der Waals surface area contributed by atoms with Crippen LogP contribution in [0.3, 0.4) is 0 Å². The van der Waals surface area contributed by atoms with E-state index >= 15 is 0 Å². The Morgan fingerprint density at radius 3 is 2.80 bits per heavy atom. The molecule has 156 valence electrons. The first-order chi connectivity index (χ1) is 14.5. The summed E-state index contributed by atoms with van der Waals surface area (Å²) in [5.41, 5.74) is 4.06. The molecule has 0 amide bonds. The van der Waals surface area contributed by atoms with Crippen LogP contribution in [0.15, 0.2) is 52.9 Å². The van der Waals surface area contributed by atoms with Crippen LogP contribution >= 0.6 is 11.8 Å². The molecule has 1 unspecified atom stereocenters. The van der Waals surface area contributed by atoms with Gasteiger partial charge in [-0.25, -0.2) is 4.98 Å². The summed E-state index contributed by atoms with van der Waals surface area (Å²) in [5.74, 6) is 1.93. The number of aliphatic carboxylic acids is 1. The van der Waals surface area contributed by atoms with Crippen LogP contribution in [0.5, 0.6) is 5.75 Å². The third-order valence-corrected chi connectivity index (χ3v) is 6.31. The van der Waals surface area contributed by atoms with Crippen molar-refractivity contribution in [3.63, 3.8) is 0 Å². The fourth-order valence-corrected chi connectivity index (χ4v) is 4.54. The molecule has 0 bridgehead atoms. The second-order valence-electron chi connectivity index (χ2n) is 7.33. The van der Waals surface area contributed by atoms with Crippen molar-refractivity contribution in [3.05, 3.63) is 71.1 Å². The van der Waals surface area contributed by atoms with Gasteiger partial charge in [0.05, 0.1) is 17.7 Å². The summed E-state index contributed by atoms with van der Waals surface area (Å²) < 4.78 is 11.8. The van der Waals surface area contributed by atoms with Crippen LogP contribution in [0, 0.1) is 13.8 Å². The van der Waals surface area contributed by atoms with Gasteiger partial charge in [0.25, 0.3) is 0 Å². The van der Waals surface area contributed by atoms with Crippen molar-refractivity contribution in [2.75, 3.05) is 12.4 Å². The van der Waals surface area contributed by atoms with E-state index in [0.717, 1.165) is 28.3 Å². The maximum atomic E-state index is 11.1. The van der Waals surface area contributed by atoms with Crippen LogP contribution in [-0.4, -0.2) is 34.5 Å². The van der Waals surface area contributed by atoms with Crippen LogP contribution < -0.4 is 10.1 Å². The Bertz CT molecular complexity index is 1030. The Balaban J connectivity index is 1.36. The average molecular weight is 425 g/mol. The summed E-state index contributed by atoms with van der Waals surface area (Å²) >= 11 is 1.59. The van der Waals surface area contributed by atoms with Crippen LogP contribution in [0.25, 0.3) is 11.5 Å². The molecule has 1 aliphatic heterocycles. The lowest BCUT2D eigenvalue weighted by molar-refractivity contribution is -0.138. The van der Waals surface area contributed by atoms with Gasteiger partial charge in [0, 0.05) is 17.7 Å². The Labute approximate surface area is 179 Å². The van der Waals surface area contributed by atoms with Crippen molar-refractivity contribution in [2.45, 2.75) is 31.7 Å². The van der Waals surface area contributed by atoms with Gasteiger partial charge in [0.15, 0.2) is 0 Å².